The van der Waals surface area contributed by atoms with Crippen molar-refractivity contribution in [1.29, 1.82) is 0 Å². The maximum Gasteiger partial charge on any atom is 0.224 e. The van der Waals surface area contributed by atoms with Crippen LogP contribution in [-0.4, -0.2) is 32.3 Å². The summed E-state index contributed by atoms with van der Waals surface area (Å²) in [6.07, 6.45) is 2.14. The highest BCUT2D eigenvalue weighted by molar-refractivity contribution is 5.90. The van der Waals surface area contributed by atoms with Crippen LogP contribution in [0, 0.1) is 0 Å². The van der Waals surface area contributed by atoms with Crippen molar-refractivity contribution in [3.63, 3.8) is 0 Å². The third-order valence-electron chi connectivity index (χ3n) is 2.74. The zero-order chi connectivity index (χ0) is 14.8. The monoisotopic (exact) mass is 280 g/mol. The molecular weight excluding hydrogens is 256 g/mol. The van der Waals surface area contributed by atoms with Gasteiger partial charge in [-0.2, -0.15) is 0 Å². The van der Waals surface area contributed by atoms with Crippen LogP contribution in [0.2, 0.25) is 0 Å². The second-order valence-corrected chi connectivity index (χ2v) is 4.79. The maximum atomic E-state index is 11.8. The van der Waals surface area contributed by atoms with E-state index in [1.54, 1.807) is 13.2 Å². The highest BCUT2D eigenvalue weighted by atomic mass is 16.5. The predicted octanol–water partition coefficient (Wildman–Crippen LogP) is 2.17. The van der Waals surface area contributed by atoms with Crippen LogP contribution in [0.25, 0.3) is 0 Å². The van der Waals surface area contributed by atoms with E-state index in [9.17, 15) is 4.79 Å². The minimum atomic E-state index is -0.000286. The molecule has 20 heavy (non-hydrogen) atoms. The van der Waals surface area contributed by atoms with Crippen molar-refractivity contribution in [2.45, 2.75) is 32.2 Å². The third kappa shape index (κ3) is 7.11. The Hall–Kier alpha value is -1.59. The number of hydrogen-bond acceptors (Lipinski definition) is 4. The Balaban J connectivity index is 2.38. The first-order valence-corrected chi connectivity index (χ1v) is 6.89. The molecule has 3 N–H and O–H groups in total. The SMILES string of the molecule is COCCOc1cccc(NC(=O)CCCC(C)N)c1. The van der Waals surface area contributed by atoms with Gasteiger partial charge in [0.15, 0.2) is 0 Å². The van der Waals surface area contributed by atoms with Gasteiger partial charge in [0, 0.05) is 31.3 Å². The molecule has 1 aromatic rings. The van der Waals surface area contributed by atoms with Crippen molar-refractivity contribution in [3.05, 3.63) is 24.3 Å². The Bertz CT molecular complexity index is 408. The average molecular weight is 280 g/mol. The molecule has 0 aliphatic heterocycles. The Morgan fingerprint density at radius 2 is 2.20 bits per heavy atom. The second-order valence-electron chi connectivity index (χ2n) is 4.79. The van der Waals surface area contributed by atoms with Crippen LogP contribution in [0.4, 0.5) is 5.69 Å². The zero-order valence-corrected chi connectivity index (χ0v) is 12.2. The molecule has 0 saturated heterocycles. The number of ether oxygens (including phenoxy) is 2. The molecule has 0 spiro atoms. The summed E-state index contributed by atoms with van der Waals surface area (Å²) < 4.78 is 10.4. The van der Waals surface area contributed by atoms with Gasteiger partial charge >= 0.3 is 0 Å². The minimum Gasteiger partial charge on any atom is -0.491 e. The lowest BCUT2D eigenvalue weighted by atomic mass is 10.1. The van der Waals surface area contributed by atoms with E-state index in [-0.39, 0.29) is 11.9 Å². The zero-order valence-electron chi connectivity index (χ0n) is 12.2. The van der Waals surface area contributed by atoms with Crippen molar-refractivity contribution in [2.24, 2.45) is 5.73 Å². The summed E-state index contributed by atoms with van der Waals surface area (Å²) in [7, 11) is 1.63. The van der Waals surface area contributed by atoms with Gasteiger partial charge < -0.3 is 20.5 Å². The quantitative estimate of drug-likeness (QED) is 0.680. The Morgan fingerprint density at radius 3 is 2.90 bits per heavy atom. The molecule has 0 aliphatic carbocycles. The van der Waals surface area contributed by atoms with Crippen molar-refractivity contribution < 1.29 is 14.3 Å². The van der Waals surface area contributed by atoms with Crippen LogP contribution >= 0.6 is 0 Å². The first-order valence-electron chi connectivity index (χ1n) is 6.89. The van der Waals surface area contributed by atoms with Crippen LogP contribution in [-0.2, 0) is 9.53 Å². The summed E-state index contributed by atoms with van der Waals surface area (Å²) in [6, 6.07) is 7.48. The molecule has 1 rings (SSSR count). The minimum absolute atomic E-state index is 0.000286. The van der Waals surface area contributed by atoms with Gasteiger partial charge in [0.2, 0.25) is 5.91 Å². The van der Waals surface area contributed by atoms with Crippen LogP contribution in [0.3, 0.4) is 0 Å². The molecule has 5 heteroatoms. The third-order valence-corrected chi connectivity index (χ3v) is 2.74. The summed E-state index contributed by atoms with van der Waals surface area (Å²) in [5.41, 5.74) is 6.39. The van der Waals surface area contributed by atoms with Crippen molar-refractivity contribution in [3.8, 4) is 5.75 Å². The fraction of sp³-hybridized carbons (Fsp3) is 0.533. The van der Waals surface area contributed by atoms with E-state index in [1.165, 1.54) is 0 Å². The number of carbonyl (C=O) groups excluding carboxylic acids is 1. The lowest BCUT2D eigenvalue weighted by molar-refractivity contribution is -0.116. The molecule has 112 valence electrons. The lowest BCUT2D eigenvalue weighted by Gasteiger charge is -2.09. The van der Waals surface area contributed by atoms with E-state index in [0.717, 1.165) is 24.3 Å². The van der Waals surface area contributed by atoms with Crippen LogP contribution in [0.1, 0.15) is 26.2 Å². The number of amides is 1. The molecule has 0 radical (unpaired) electrons. The summed E-state index contributed by atoms with van der Waals surface area (Å²) in [6.45, 7) is 2.97. The number of methoxy groups -OCH3 is 1. The molecule has 1 amide bonds. The van der Waals surface area contributed by atoms with E-state index in [1.807, 2.05) is 25.1 Å². The lowest BCUT2D eigenvalue weighted by Crippen LogP contribution is -2.16. The van der Waals surface area contributed by atoms with Crippen LogP contribution in [0.15, 0.2) is 24.3 Å². The van der Waals surface area contributed by atoms with Gasteiger partial charge in [0.25, 0.3) is 0 Å². The summed E-state index contributed by atoms with van der Waals surface area (Å²) in [4.78, 5) is 11.8. The number of hydrogen-bond donors (Lipinski definition) is 2. The number of benzene rings is 1. The molecule has 5 nitrogen and oxygen atoms in total. The normalized spacial score (nSPS) is 11.9. The number of carbonyl (C=O) groups is 1. The number of anilines is 1. The van der Waals surface area contributed by atoms with Gasteiger partial charge in [-0.25, -0.2) is 0 Å². The fourth-order valence-electron chi connectivity index (χ4n) is 1.71. The van der Waals surface area contributed by atoms with E-state index in [4.69, 9.17) is 15.2 Å². The van der Waals surface area contributed by atoms with E-state index in [2.05, 4.69) is 5.32 Å². The highest BCUT2D eigenvalue weighted by Gasteiger charge is 2.04. The van der Waals surface area contributed by atoms with E-state index < -0.39 is 0 Å². The average Bonchev–Trinajstić information content (AvgIpc) is 2.39. The first kappa shape index (κ1) is 16.5. The molecule has 1 atom stereocenters. The van der Waals surface area contributed by atoms with Gasteiger partial charge in [0.05, 0.1) is 6.61 Å². The standard InChI is InChI=1S/C15H24N2O3/c1-12(16)5-3-8-15(18)17-13-6-4-7-14(11-13)20-10-9-19-2/h4,6-7,11-12H,3,5,8-10,16H2,1-2H3,(H,17,18). The second kappa shape index (κ2) is 9.34. The molecule has 0 aliphatic rings. The first-order chi connectivity index (χ1) is 9.61. The number of nitrogens with two attached hydrogens (primary N) is 1. The maximum absolute atomic E-state index is 11.8. The van der Waals surface area contributed by atoms with Gasteiger partial charge in [-0.1, -0.05) is 6.07 Å². The number of rotatable bonds is 9. The molecule has 0 heterocycles. The van der Waals surface area contributed by atoms with Crippen LogP contribution in [0.5, 0.6) is 5.75 Å². The molecule has 1 aromatic carbocycles. The van der Waals surface area contributed by atoms with Crippen molar-refractivity contribution in [1.82, 2.24) is 0 Å². The van der Waals surface area contributed by atoms with Gasteiger partial charge in [0.1, 0.15) is 12.4 Å². The summed E-state index contributed by atoms with van der Waals surface area (Å²) >= 11 is 0. The summed E-state index contributed by atoms with van der Waals surface area (Å²) in [5.74, 6) is 0.718. The molecule has 0 bridgehead atoms. The topological polar surface area (TPSA) is 73.6 Å². The van der Waals surface area contributed by atoms with Gasteiger partial charge in [-0.3, -0.25) is 4.79 Å². The smallest absolute Gasteiger partial charge is 0.224 e. The molecule has 0 saturated carbocycles. The molecule has 0 fully saturated rings. The molecule has 1 unspecified atom stereocenters. The van der Waals surface area contributed by atoms with E-state index in [0.29, 0.717) is 19.6 Å². The number of nitrogens with one attached hydrogen (secondary N) is 1. The van der Waals surface area contributed by atoms with Crippen molar-refractivity contribution >= 4 is 11.6 Å². The Labute approximate surface area is 120 Å². The Kier molecular flexibility index (Phi) is 7.69. The largest absolute Gasteiger partial charge is 0.491 e. The highest BCUT2D eigenvalue weighted by Crippen LogP contribution is 2.17. The van der Waals surface area contributed by atoms with Crippen molar-refractivity contribution in [2.75, 3.05) is 25.6 Å². The Morgan fingerprint density at radius 1 is 1.40 bits per heavy atom. The molecule has 0 aromatic heterocycles. The molecular formula is C15H24N2O3. The van der Waals surface area contributed by atoms with Crippen LogP contribution < -0.4 is 15.8 Å². The van der Waals surface area contributed by atoms with E-state index >= 15 is 0 Å². The van der Waals surface area contributed by atoms with Gasteiger partial charge in [-0.05, 0) is 31.9 Å². The summed E-state index contributed by atoms with van der Waals surface area (Å²) in [5, 5.41) is 2.86. The fourth-order valence-corrected chi connectivity index (χ4v) is 1.71. The van der Waals surface area contributed by atoms with Gasteiger partial charge in [-0.15, -0.1) is 0 Å². The predicted molar refractivity (Wildman–Crippen MR) is 79.9 cm³/mol.